The van der Waals surface area contributed by atoms with E-state index in [2.05, 4.69) is 44.4 Å². The highest BCUT2D eigenvalue weighted by molar-refractivity contribution is 5.36. The molecular formula is C21H28N6. The van der Waals surface area contributed by atoms with Crippen molar-refractivity contribution >= 4 is 0 Å². The highest BCUT2D eigenvalue weighted by atomic mass is 15.3. The maximum atomic E-state index is 9.15. The Balaban J connectivity index is 3.27. The second-order valence-corrected chi connectivity index (χ2v) is 8.18. The van der Waals surface area contributed by atoms with Crippen LogP contribution >= 0.6 is 0 Å². The Labute approximate surface area is 163 Å². The summed E-state index contributed by atoms with van der Waals surface area (Å²) in [5.41, 5.74) is -0.374. The third kappa shape index (κ3) is 5.51. The van der Waals surface area contributed by atoms with Crippen molar-refractivity contribution in [2.45, 2.75) is 77.4 Å². The summed E-state index contributed by atoms with van der Waals surface area (Å²) in [6.07, 6.45) is 6.95. The third-order valence-corrected chi connectivity index (χ3v) is 5.05. The number of likely N-dealkylation sites (tertiary alicyclic amines) is 1. The minimum atomic E-state index is -0.289. The lowest BCUT2D eigenvalue weighted by molar-refractivity contribution is -0.0221. The van der Waals surface area contributed by atoms with E-state index in [-0.39, 0.29) is 28.3 Å². The summed E-state index contributed by atoms with van der Waals surface area (Å²) >= 11 is 0. The molecule has 0 saturated carbocycles. The predicted octanol–water partition coefficient (Wildman–Crippen LogP) is 3.97. The van der Waals surface area contributed by atoms with Crippen molar-refractivity contribution in [3.05, 3.63) is 23.5 Å². The number of nitrogens with zero attached hydrogens (tertiary/aromatic N) is 6. The molecule has 0 atom stereocenters. The van der Waals surface area contributed by atoms with Crippen molar-refractivity contribution in [2.75, 3.05) is 6.54 Å². The molecule has 0 unspecified atom stereocenters. The van der Waals surface area contributed by atoms with E-state index < -0.39 is 0 Å². The second kappa shape index (κ2) is 9.12. The topological polar surface area (TPSA) is 102 Å². The number of nitriles is 4. The first kappa shape index (κ1) is 22.1. The smallest absolute Gasteiger partial charge is 0.145 e. The lowest BCUT2D eigenvalue weighted by atomic mass is 9.76. The van der Waals surface area contributed by atoms with Gasteiger partial charge < -0.3 is 9.80 Å². The van der Waals surface area contributed by atoms with E-state index in [0.717, 1.165) is 32.2 Å². The largest absolute Gasteiger partial charge is 0.373 e. The molecule has 0 aromatic rings. The van der Waals surface area contributed by atoms with Gasteiger partial charge in [0.1, 0.15) is 35.4 Å². The van der Waals surface area contributed by atoms with Crippen molar-refractivity contribution in [3.8, 4) is 24.3 Å². The number of hydrogen-bond acceptors (Lipinski definition) is 6. The first-order valence-corrected chi connectivity index (χ1v) is 9.24. The Hall–Kier alpha value is -2.96. The van der Waals surface area contributed by atoms with Crippen molar-refractivity contribution in [1.29, 1.82) is 21.0 Å². The molecular weight excluding hydrogens is 336 g/mol. The Morgan fingerprint density at radius 3 is 1.85 bits per heavy atom. The molecule has 6 heteroatoms. The van der Waals surface area contributed by atoms with Crippen LogP contribution in [0.4, 0.5) is 0 Å². The van der Waals surface area contributed by atoms with Crippen LogP contribution in [0.25, 0.3) is 0 Å². The van der Waals surface area contributed by atoms with Crippen LogP contribution in [-0.4, -0.2) is 33.5 Å². The lowest BCUT2D eigenvalue weighted by Crippen LogP contribution is -2.61. The first-order valence-electron chi connectivity index (χ1n) is 9.24. The van der Waals surface area contributed by atoms with Crippen LogP contribution in [0.3, 0.4) is 0 Å². The zero-order valence-corrected chi connectivity index (χ0v) is 17.0. The van der Waals surface area contributed by atoms with Gasteiger partial charge in [-0.05, 0) is 47.0 Å². The van der Waals surface area contributed by atoms with Gasteiger partial charge in [-0.15, -0.1) is 0 Å². The van der Waals surface area contributed by atoms with E-state index in [4.69, 9.17) is 21.0 Å². The second-order valence-electron chi connectivity index (χ2n) is 8.18. The Kier molecular flexibility index (Phi) is 7.45. The summed E-state index contributed by atoms with van der Waals surface area (Å²) in [7, 11) is 0. The van der Waals surface area contributed by atoms with Crippen LogP contribution in [0, 0.1) is 45.3 Å². The van der Waals surface area contributed by atoms with Crippen molar-refractivity contribution in [2.24, 2.45) is 0 Å². The summed E-state index contributed by atoms with van der Waals surface area (Å²) in [6.45, 7) is 11.3. The molecule has 1 saturated heterocycles. The zero-order valence-electron chi connectivity index (χ0n) is 17.0. The molecule has 1 aliphatic rings. The lowest BCUT2D eigenvalue weighted by Gasteiger charge is -2.57. The Bertz CT molecular complexity index is 710. The van der Waals surface area contributed by atoms with Gasteiger partial charge in [-0.25, -0.2) is 0 Å². The SMILES string of the molecule is CCCCN(C=C(C#N)C#N)C1CC(C)(C)N(C=C(C#N)C#N)C(C)(C)C1. The van der Waals surface area contributed by atoms with Gasteiger partial charge in [0.15, 0.2) is 0 Å². The van der Waals surface area contributed by atoms with Crippen molar-refractivity contribution < 1.29 is 0 Å². The molecule has 27 heavy (non-hydrogen) atoms. The maximum Gasteiger partial charge on any atom is 0.145 e. The van der Waals surface area contributed by atoms with E-state index in [1.807, 2.05) is 24.3 Å². The fourth-order valence-corrected chi connectivity index (χ4v) is 3.98. The zero-order chi connectivity index (χ0) is 20.7. The average molecular weight is 364 g/mol. The number of unbranched alkanes of at least 4 members (excludes halogenated alkanes) is 1. The van der Waals surface area contributed by atoms with Crippen LogP contribution in [0.2, 0.25) is 0 Å². The monoisotopic (exact) mass is 364 g/mol. The molecule has 0 amide bonds. The quantitative estimate of drug-likeness (QED) is 0.661. The van der Waals surface area contributed by atoms with Crippen LogP contribution < -0.4 is 0 Å². The molecule has 142 valence electrons. The number of piperidine rings is 1. The highest BCUT2D eigenvalue weighted by Gasteiger charge is 2.45. The Morgan fingerprint density at radius 1 is 0.963 bits per heavy atom. The molecule has 1 heterocycles. The van der Waals surface area contributed by atoms with Crippen molar-refractivity contribution in [1.82, 2.24) is 9.80 Å². The normalized spacial score (nSPS) is 17.4. The van der Waals surface area contributed by atoms with Gasteiger partial charge in [-0.2, -0.15) is 21.0 Å². The minimum absolute atomic E-state index is 0.0913. The number of hydrogen-bond donors (Lipinski definition) is 0. The number of rotatable bonds is 6. The molecule has 0 aromatic carbocycles. The summed E-state index contributed by atoms with van der Waals surface area (Å²) in [6, 6.07) is 7.96. The van der Waals surface area contributed by atoms with Gasteiger partial charge in [0.25, 0.3) is 0 Å². The molecule has 1 rings (SSSR count). The summed E-state index contributed by atoms with van der Waals surface area (Å²) in [4.78, 5) is 4.24. The molecule has 0 radical (unpaired) electrons. The molecule has 0 aliphatic carbocycles. The van der Waals surface area contributed by atoms with Gasteiger partial charge in [0.2, 0.25) is 0 Å². The van der Waals surface area contributed by atoms with E-state index in [1.165, 1.54) is 0 Å². The van der Waals surface area contributed by atoms with E-state index in [9.17, 15) is 0 Å². The summed E-state index contributed by atoms with van der Waals surface area (Å²) < 4.78 is 0. The maximum absolute atomic E-state index is 9.15. The van der Waals surface area contributed by atoms with Gasteiger partial charge in [0.05, 0.1) is 0 Å². The molecule has 0 aromatic heterocycles. The van der Waals surface area contributed by atoms with Crippen LogP contribution in [0.1, 0.15) is 60.3 Å². The number of allylic oxidation sites excluding steroid dienone is 2. The van der Waals surface area contributed by atoms with Crippen LogP contribution in [0.5, 0.6) is 0 Å². The predicted molar refractivity (Wildman–Crippen MR) is 103 cm³/mol. The summed E-state index contributed by atoms with van der Waals surface area (Å²) in [5, 5.41) is 36.6. The highest BCUT2D eigenvalue weighted by Crippen LogP contribution is 2.41. The van der Waals surface area contributed by atoms with E-state index in [1.54, 1.807) is 12.4 Å². The standard InChI is InChI=1S/C21H28N6/c1-6-7-8-26(15-17(11-22)12-23)19-9-20(2,3)27(21(4,5)10-19)16-18(13-24)14-25/h15-16,19H,6-10H2,1-5H3. The molecule has 1 aliphatic heterocycles. The minimum Gasteiger partial charge on any atom is -0.373 e. The molecule has 0 N–H and O–H groups in total. The van der Waals surface area contributed by atoms with Crippen molar-refractivity contribution in [3.63, 3.8) is 0 Å². The van der Waals surface area contributed by atoms with Gasteiger partial charge in [-0.3, -0.25) is 0 Å². The molecule has 0 bridgehead atoms. The fourth-order valence-electron chi connectivity index (χ4n) is 3.98. The van der Waals surface area contributed by atoms with Crippen LogP contribution in [-0.2, 0) is 0 Å². The fraction of sp³-hybridized carbons (Fsp3) is 0.619. The van der Waals surface area contributed by atoms with E-state index in [0.29, 0.717) is 0 Å². The average Bonchev–Trinajstić information content (AvgIpc) is 2.60. The van der Waals surface area contributed by atoms with Gasteiger partial charge in [-0.1, -0.05) is 13.3 Å². The van der Waals surface area contributed by atoms with Crippen LogP contribution in [0.15, 0.2) is 23.5 Å². The molecule has 6 nitrogen and oxygen atoms in total. The van der Waals surface area contributed by atoms with Gasteiger partial charge in [0, 0.05) is 36.1 Å². The molecule has 0 spiro atoms. The molecule has 1 fully saturated rings. The Morgan fingerprint density at radius 2 is 1.44 bits per heavy atom. The summed E-state index contributed by atoms with van der Waals surface area (Å²) in [5.74, 6) is 0. The van der Waals surface area contributed by atoms with E-state index >= 15 is 0 Å². The first-order chi connectivity index (χ1) is 12.6. The van der Waals surface area contributed by atoms with Gasteiger partial charge >= 0.3 is 0 Å². The third-order valence-electron chi connectivity index (χ3n) is 5.05.